The Bertz CT molecular complexity index is 504. The van der Waals surface area contributed by atoms with Gasteiger partial charge in [0, 0.05) is 17.1 Å². The Morgan fingerprint density at radius 2 is 1.95 bits per heavy atom. The first-order chi connectivity index (χ1) is 9.72. The molecule has 1 nitrogen and oxygen atoms in total. The van der Waals surface area contributed by atoms with E-state index in [1.807, 2.05) is 6.07 Å². The van der Waals surface area contributed by atoms with Crippen LogP contribution >= 0.6 is 24.0 Å². The molecule has 0 saturated heterocycles. The Morgan fingerprint density at radius 1 is 1.14 bits per heavy atom. The molecule has 6 atom stereocenters. The van der Waals surface area contributed by atoms with Gasteiger partial charge >= 0.3 is 0 Å². The molecular formula is C18H25Cl2N. The third-order valence-corrected chi connectivity index (χ3v) is 6.48. The van der Waals surface area contributed by atoms with E-state index < -0.39 is 0 Å². The molecule has 0 heterocycles. The van der Waals surface area contributed by atoms with Gasteiger partial charge in [-0.25, -0.2) is 0 Å². The predicted molar refractivity (Wildman–Crippen MR) is 91.1 cm³/mol. The van der Waals surface area contributed by atoms with Crippen LogP contribution in [0.25, 0.3) is 0 Å². The summed E-state index contributed by atoms with van der Waals surface area (Å²) in [5.41, 5.74) is 1.32. The van der Waals surface area contributed by atoms with E-state index in [9.17, 15) is 0 Å². The summed E-state index contributed by atoms with van der Waals surface area (Å²) >= 11 is 6.11. The highest BCUT2D eigenvalue weighted by Crippen LogP contribution is 2.58. The second-order valence-corrected chi connectivity index (χ2v) is 7.64. The van der Waals surface area contributed by atoms with E-state index in [1.54, 1.807) is 0 Å². The van der Waals surface area contributed by atoms with Gasteiger partial charge in [-0.15, -0.1) is 12.4 Å². The molecule has 4 rings (SSSR count). The molecule has 1 aromatic rings. The fourth-order valence-electron chi connectivity index (χ4n) is 5.45. The summed E-state index contributed by atoms with van der Waals surface area (Å²) in [6.07, 6.45) is 7.41. The summed E-state index contributed by atoms with van der Waals surface area (Å²) in [6, 6.07) is 9.47. The monoisotopic (exact) mass is 325 g/mol. The van der Waals surface area contributed by atoms with E-state index in [1.165, 1.54) is 37.7 Å². The molecule has 0 aliphatic heterocycles. The summed E-state index contributed by atoms with van der Waals surface area (Å²) < 4.78 is 0. The van der Waals surface area contributed by atoms with Crippen molar-refractivity contribution in [2.24, 2.45) is 23.7 Å². The third-order valence-electron chi connectivity index (χ3n) is 6.24. The molecule has 3 unspecified atom stereocenters. The first kappa shape index (κ1) is 15.6. The maximum absolute atomic E-state index is 6.11. The summed E-state index contributed by atoms with van der Waals surface area (Å²) in [7, 11) is 0. The van der Waals surface area contributed by atoms with Crippen molar-refractivity contribution < 1.29 is 0 Å². The summed E-state index contributed by atoms with van der Waals surface area (Å²) in [5.74, 6) is 4.10. The molecule has 3 saturated carbocycles. The van der Waals surface area contributed by atoms with Crippen LogP contribution < -0.4 is 5.32 Å². The van der Waals surface area contributed by atoms with Crippen molar-refractivity contribution in [2.45, 2.75) is 51.1 Å². The molecule has 1 aromatic carbocycles. The Kier molecular flexibility index (Phi) is 4.55. The molecule has 3 fully saturated rings. The number of nitrogens with one attached hydrogen (secondary N) is 1. The second kappa shape index (κ2) is 6.10. The third kappa shape index (κ3) is 2.73. The zero-order valence-corrected chi connectivity index (χ0v) is 14.2. The van der Waals surface area contributed by atoms with E-state index in [2.05, 4.69) is 30.4 Å². The lowest BCUT2D eigenvalue weighted by Crippen LogP contribution is -2.40. The summed E-state index contributed by atoms with van der Waals surface area (Å²) in [4.78, 5) is 0. The van der Waals surface area contributed by atoms with Crippen molar-refractivity contribution in [1.82, 2.24) is 5.32 Å². The van der Waals surface area contributed by atoms with E-state index >= 15 is 0 Å². The Morgan fingerprint density at radius 3 is 2.76 bits per heavy atom. The number of halogens is 2. The van der Waals surface area contributed by atoms with Crippen molar-refractivity contribution in [1.29, 1.82) is 0 Å². The van der Waals surface area contributed by atoms with Gasteiger partial charge in [0.2, 0.25) is 0 Å². The minimum atomic E-state index is 0. The highest BCUT2D eigenvalue weighted by atomic mass is 35.5. The van der Waals surface area contributed by atoms with Crippen molar-refractivity contribution in [3.8, 4) is 0 Å². The molecule has 21 heavy (non-hydrogen) atoms. The SMILES string of the molecule is CC(N[C@@H]1CC2CC1[C@@H]1CCC[C@H]21)c1cccc(Cl)c1.Cl. The molecule has 3 heteroatoms. The molecule has 0 amide bonds. The number of fused-ring (bicyclic) bond motifs is 5. The first-order valence-corrected chi connectivity index (χ1v) is 8.61. The zero-order chi connectivity index (χ0) is 13.7. The summed E-state index contributed by atoms with van der Waals surface area (Å²) in [5, 5.41) is 4.75. The molecule has 0 aromatic heterocycles. The molecule has 116 valence electrons. The van der Waals surface area contributed by atoms with Gasteiger partial charge in [0.1, 0.15) is 0 Å². The van der Waals surface area contributed by atoms with Crippen LogP contribution in [0.5, 0.6) is 0 Å². The Labute approximate surface area is 139 Å². The fourth-order valence-corrected chi connectivity index (χ4v) is 5.65. The smallest absolute Gasteiger partial charge is 0.0409 e. The zero-order valence-electron chi connectivity index (χ0n) is 12.6. The average molecular weight is 326 g/mol. The predicted octanol–water partition coefficient (Wildman–Crippen LogP) is 5.24. The quantitative estimate of drug-likeness (QED) is 0.801. The van der Waals surface area contributed by atoms with Gasteiger partial charge in [0.05, 0.1) is 0 Å². The van der Waals surface area contributed by atoms with Crippen LogP contribution in [0.1, 0.15) is 50.6 Å². The molecule has 0 radical (unpaired) electrons. The molecule has 3 aliphatic carbocycles. The van der Waals surface area contributed by atoms with Crippen LogP contribution in [0, 0.1) is 23.7 Å². The lowest BCUT2D eigenvalue weighted by atomic mass is 9.79. The van der Waals surface area contributed by atoms with Crippen LogP contribution in [-0.4, -0.2) is 6.04 Å². The number of rotatable bonds is 3. The lowest BCUT2D eigenvalue weighted by Gasteiger charge is -2.34. The lowest BCUT2D eigenvalue weighted by molar-refractivity contribution is 0.200. The largest absolute Gasteiger partial charge is 0.307 e. The second-order valence-electron chi connectivity index (χ2n) is 7.20. The van der Waals surface area contributed by atoms with Gasteiger partial charge in [-0.1, -0.05) is 30.2 Å². The van der Waals surface area contributed by atoms with Crippen molar-refractivity contribution >= 4 is 24.0 Å². The van der Waals surface area contributed by atoms with Crippen LogP contribution in [0.2, 0.25) is 5.02 Å². The van der Waals surface area contributed by atoms with Crippen LogP contribution in [-0.2, 0) is 0 Å². The van der Waals surface area contributed by atoms with Crippen LogP contribution in [0.15, 0.2) is 24.3 Å². The molecular weight excluding hydrogens is 301 g/mol. The average Bonchev–Trinajstić information content (AvgIpc) is 3.10. The van der Waals surface area contributed by atoms with Gasteiger partial charge in [-0.2, -0.15) is 0 Å². The normalized spacial score (nSPS) is 38.1. The fraction of sp³-hybridized carbons (Fsp3) is 0.667. The van der Waals surface area contributed by atoms with E-state index in [-0.39, 0.29) is 12.4 Å². The summed E-state index contributed by atoms with van der Waals surface area (Å²) in [6.45, 7) is 2.28. The molecule has 3 aliphatic rings. The minimum Gasteiger partial charge on any atom is -0.307 e. The highest BCUT2D eigenvalue weighted by molar-refractivity contribution is 6.30. The van der Waals surface area contributed by atoms with E-state index in [4.69, 9.17) is 11.6 Å². The van der Waals surface area contributed by atoms with Gasteiger partial charge in [0.15, 0.2) is 0 Å². The van der Waals surface area contributed by atoms with Gasteiger partial charge in [0.25, 0.3) is 0 Å². The van der Waals surface area contributed by atoms with Crippen molar-refractivity contribution in [3.63, 3.8) is 0 Å². The molecule has 2 bridgehead atoms. The van der Waals surface area contributed by atoms with Gasteiger partial charge < -0.3 is 5.32 Å². The Balaban J connectivity index is 0.00000132. The number of benzene rings is 1. The topological polar surface area (TPSA) is 12.0 Å². The number of hydrogen-bond donors (Lipinski definition) is 1. The van der Waals surface area contributed by atoms with Crippen LogP contribution in [0.4, 0.5) is 0 Å². The van der Waals surface area contributed by atoms with Crippen molar-refractivity contribution in [3.05, 3.63) is 34.9 Å². The van der Waals surface area contributed by atoms with E-state index in [0.717, 1.165) is 34.7 Å². The standard InChI is InChI=1S/C18H24ClN.ClH/c1-11(12-4-2-5-14(19)8-12)20-18-10-13-9-17(18)16-7-3-6-15(13)16;/h2,4-5,8,11,13,15-18,20H,3,6-7,9-10H2,1H3;1H/t11?,13?,15-,16-,17?,18-;/m1./s1. The van der Waals surface area contributed by atoms with Gasteiger partial charge in [-0.05, 0) is 74.0 Å². The molecule has 1 N–H and O–H groups in total. The van der Waals surface area contributed by atoms with E-state index in [0.29, 0.717) is 6.04 Å². The van der Waals surface area contributed by atoms with Crippen molar-refractivity contribution in [2.75, 3.05) is 0 Å². The molecule has 0 spiro atoms. The number of hydrogen-bond acceptors (Lipinski definition) is 1. The Hall–Kier alpha value is -0.240. The van der Waals surface area contributed by atoms with Crippen LogP contribution in [0.3, 0.4) is 0 Å². The van der Waals surface area contributed by atoms with Gasteiger partial charge in [-0.3, -0.25) is 0 Å². The first-order valence-electron chi connectivity index (χ1n) is 8.24. The maximum Gasteiger partial charge on any atom is 0.0409 e. The highest BCUT2D eigenvalue weighted by Gasteiger charge is 2.53. The maximum atomic E-state index is 6.11. The minimum absolute atomic E-state index is 0.